The SMILES string of the molecule is NC(=NCCCN1CCOCC1)NCCC(=O)N1CCN(c2ccccc2)CC1. The maximum Gasteiger partial charge on any atom is 0.224 e. The molecule has 3 rings (SSSR count). The summed E-state index contributed by atoms with van der Waals surface area (Å²) in [5.74, 6) is 0.596. The van der Waals surface area contributed by atoms with Crippen LogP contribution in [0.25, 0.3) is 0 Å². The molecule has 0 aromatic heterocycles. The van der Waals surface area contributed by atoms with Gasteiger partial charge in [-0.3, -0.25) is 14.7 Å². The fourth-order valence-corrected chi connectivity index (χ4v) is 3.68. The smallest absolute Gasteiger partial charge is 0.224 e. The first-order chi connectivity index (χ1) is 14.2. The third-order valence-electron chi connectivity index (χ3n) is 5.42. The number of amides is 1. The van der Waals surface area contributed by atoms with Crippen LogP contribution in [0.5, 0.6) is 0 Å². The maximum atomic E-state index is 12.4. The second-order valence-electron chi connectivity index (χ2n) is 7.45. The molecule has 0 bridgehead atoms. The van der Waals surface area contributed by atoms with Crippen LogP contribution in [-0.2, 0) is 9.53 Å². The monoisotopic (exact) mass is 402 g/mol. The number of guanidine groups is 1. The number of carbonyl (C=O) groups is 1. The molecule has 0 aliphatic carbocycles. The lowest BCUT2D eigenvalue weighted by Gasteiger charge is -2.36. The quantitative estimate of drug-likeness (QED) is 0.371. The minimum atomic E-state index is 0.172. The molecule has 2 aliphatic rings. The van der Waals surface area contributed by atoms with E-state index in [1.54, 1.807) is 0 Å². The van der Waals surface area contributed by atoms with E-state index in [1.165, 1.54) is 5.69 Å². The molecule has 1 aromatic rings. The number of aliphatic imine (C=N–C) groups is 1. The van der Waals surface area contributed by atoms with Gasteiger partial charge in [-0.25, -0.2) is 0 Å². The number of piperazine rings is 1. The van der Waals surface area contributed by atoms with Gasteiger partial charge >= 0.3 is 0 Å². The van der Waals surface area contributed by atoms with Crippen LogP contribution in [0.15, 0.2) is 35.3 Å². The van der Waals surface area contributed by atoms with Crippen molar-refractivity contribution in [1.82, 2.24) is 15.1 Å². The van der Waals surface area contributed by atoms with Crippen LogP contribution < -0.4 is 16.0 Å². The summed E-state index contributed by atoms with van der Waals surface area (Å²) in [7, 11) is 0. The Morgan fingerprint density at radius 2 is 1.79 bits per heavy atom. The third-order valence-corrected chi connectivity index (χ3v) is 5.42. The molecule has 29 heavy (non-hydrogen) atoms. The number of hydrogen-bond donors (Lipinski definition) is 2. The molecule has 160 valence electrons. The second kappa shape index (κ2) is 11.6. The zero-order valence-electron chi connectivity index (χ0n) is 17.3. The molecular weight excluding hydrogens is 368 g/mol. The fraction of sp³-hybridized carbons (Fsp3) is 0.619. The van der Waals surface area contributed by atoms with E-state index >= 15 is 0 Å². The molecular formula is C21H34N6O2. The van der Waals surface area contributed by atoms with Crippen molar-refractivity contribution in [2.75, 3.05) is 77.0 Å². The summed E-state index contributed by atoms with van der Waals surface area (Å²) in [6, 6.07) is 10.4. The molecule has 8 heteroatoms. The first-order valence-corrected chi connectivity index (χ1v) is 10.6. The molecule has 3 N–H and O–H groups in total. The van der Waals surface area contributed by atoms with Crippen LogP contribution in [-0.4, -0.2) is 93.8 Å². The number of para-hydroxylation sites is 1. The molecule has 2 fully saturated rings. The number of nitrogens with two attached hydrogens (primary N) is 1. The molecule has 2 aliphatic heterocycles. The lowest BCUT2D eigenvalue weighted by Crippen LogP contribution is -2.49. The van der Waals surface area contributed by atoms with Crippen molar-refractivity contribution < 1.29 is 9.53 Å². The van der Waals surface area contributed by atoms with Crippen LogP contribution in [0.3, 0.4) is 0 Å². The number of anilines is 1. The average Bonchev–Trinajstić information content (AvgIpc) is 2.78. The van der Waals surface area contributed by atoms with Crippen molar-refractivity contribution in [3.05, 3.63) is 30.3 Å². The topological polar surface area (TPSA) is 86.4 Å². The van der Waals surface area contributed by atoms with Crippen molar-refractivity contribution >= 4 is 17.6 Å². The Kier molecular flexibility index (Phi) is 8.58. The fourth-order valence-electron chi connectivity index (χ4n) is 3.68. The molecule has 0 saturated carbocycles. The standard InChI is InChI=1S/C21H34N6O2/c22-21(23-8-4-10-25-15-17-29-18-16-25)24-9-7-20(28)27-13-11-26(12-14-27)19-5-2-1-3-6-19/h1-3,5-6H,4,7-18H2,(H3,22,23,24). The minimum Gasteiger partial charge on any atom is -0.379 e. The highest BCUT2D eigenvalue weighted by Crippen LogP contribution is 2.15. The Morgan fingerprint density at radius 3 is 2.52 bits per heavy atom. The highest BCUT2D eigenvalue weighted by Gasteiger charge is 2.20. The van der Waals surface area contributed by atoms with E-state index in [1.807, 2.05) is 23.1 Å². The van der Waals surface area contributed by atoms with Gasteiger partial charge in [-0.1, -0.05) is 18.2 Å². The van der Waals surface area contributed by atoms with Crippen molar-refractivity contribution in [1.29, 1.82) is 0 Å². The highest BCUT2D eigenvalue weighted by molar-refractivity contribution is 5.80. The average molecular weight is 403 g/mol. The Balaban J connectivity index is 1.26. The van der Waals surface area contributed by atoms with E-state index in [4.69, 9.17) is 10.5 Å². The van der Waals surface area contributed by atoms with Gasteiger partial charge in [0.05, 0.1) is 13.2 Å². The van der Waals surface area contributed by atoms with Gasteiger partial charge < -0.3 is 25.6 Å². The van der Waals surface area contributed by atoms with Crippen molar-refractivity contribution in [3.8, 4) is 0 Å². The number of rotatable bonds is 8. The third kappa shape index (κ3) is 7.21. The molecule has 8 nitrogen and oxygen atoms in total. The Labute approximate surface area is 173 Å². The summed E-state index contributed by atoms with van der Waals surface area (Å²) in [5, 5.41) is 3.06. The molecule has 0 radical (unpaired) electrons. The summed E-state index contributed by atoms with van der Waals surface area (Å²) in [6.07, 6.45) is 1.42. The van der Waals surface area contributed by atoms with Gasteiger partial charge in [0, 0.05) is 71.0 Å². The van der Waals surface area contributed by atoms with Crippen molar-refractivity contribution in [3.63, 3.8) is 0 Å². The summed E-state index contributed by atoms with van der Waals surface area (Å²) < 4.78 is 5.34. The summed E-state index contributed by atoms with van der Waals surface area (Å²) >= 11 is 0. The molecule has 0 unspecified atom stereocenters. The van der Waals surface area contributed by atoms with E-state index in [2.05, 4.69) is 32.2 Å². The largest absolute Gasteiger partial charge is 0.379 e. The summed E-state index contributed by atoms with van der Waals surface area (Å²) in [4.78, 5) is 23.4. The van der Waals surface area contributed by atoms with E-state index < -0.39 is 0 Å². The molecule has 2 heterocycles. The first kappa shape index (κ1) is 21.4. The Hall–Kier alpha value is -2.32. The van der Waals surface area contributed by atoms with E-state index in [0.717, 1.165) is 65.4 Å². The molecule has 0 atom stereocenters. The number of morpholine rings is 1. The van der Waals surface area contributed by atoms with Gasteiger partial charge in [0.15, 0.2) is 5.96 Å². The highest BCUT2D eigenvalue weighted by atomic mass is 16.5. The van der Waals surface area contributed by atoms with Crippen LogP contribution in [0.4, 0.5) is 5.69 Å². The predicted molar refractivity (Wildman–Crippen MR) is 116 cm³/mol. The van der Waals surface area contributed by atoms with Crippen LogP contribution >= 0.6 is 0 Å². The van der Waals surface area contributed by atoms with Crippen LogP contribution in [0, 0.1) is 0 Å². The Bertz CT molecular complexity index is 640. The maximum absolute atomic E-state index is 12.4. The van der Waals surface area contributed by atoms with Crippen molar-refractivity contribution in [2.24, 2.45) is 10.7 Å². The van der Waals surface area contributed by atoms with Gasteiger partial charge in [-0.05, 0) is 18.6 Å². The lowest BCUT2D eigenvalue weighted by atomic mass is 10.2. The number of hydrogen-bond acceptors (Lipinski definition) is 5. The van der Waals surface area contributed by atoms with Crippen molar-refractivity contribution in [2.45, 2.75) is 12.8 Å². The normalized spacial score (nSPS) is 18.7. The second-order valence-corrected chi connectivity index (χ2v) is 7.45. The number of nitrogens with one attached hydrogen (secondary N) is 1. The Morgan fingerprint density at radius 1 is 1.07 bits per heavy atom. The van der Waals surface area contributed by atoms with Gasteiger partial charge in [-0.15, -0.1) is 0 Å². The van der Waals surface area contributed by atoms with Gasteiger partial charge in [0.2, 0.25) is 5.91 Å². The summed E-state index contributed by atoms with van der Waals surface area (Å²) in [5.41, 5.74) is 7.14. The van der Waals surface area contributed by atoms with Crippen LogP contribution in [0.1, 0.15) is 12.8 Å². The molecule has 0 spiro atoms. The lowest BCUT2D eigenvalue weighted by molar-refractivity contribution is -0.131. The predicted octanol–water partition coefficient (Wildman–Crippen LogP) is 0.352. The number of nitrogens with zero attached hydrogens (tertiary/aromatic N) is 4. The zero-order valence-corrected chi connectivity index (χ0v) is 17.3. The molecule has 1 amide bonds. The zero-order chi connectivity index (χ0) is 20.3. The van der Waals surface area contributed by atoms with E-state index in [9.17, 15) is 4.79 Å². The van der Waals surface area contributed by atoms with Gasteiger partial charge in [0.25, 0.3) is 0 Å². The number of ether oxygens (including phenoxy) is 1. The van der Waals surface area contributed by atoms with Gasteiger partial charge in [0.1, 0.15) is 0 Å². The minimum absolute atomic E-state index is 0.172. The number of carbonyl (C=O) groups excluding carboxylic acids is 1. The summed E-state index contributed by atoms with van der Waals surface area (Å²) in [6.45, 7) is 9.15. The number of benzene rings is 1. The molecule has 2 saturated heterocycles. The van der Waals surface area contributed by atoms with Gasteiger partial charge in [-0.2, -0.15) is 0 Å². The molecule has 1 aromatic carbocycles. The first-order valence-electron chi connectivity index (χ1n) is 10.6. The van der Waals surface area contributed by atoms with Crippen LogP contribution in [0.2, 0.25) is 0 Å². The van der Waals surface area contributed by atoms with E-state index in [0.29, 0.717) is 25.5 Å². The van der Waals surface area contributed by atoms with E-state index in [-0.39, 0.29) is 5.91 Å².